The van der Waals surface area contributed by atoms with Gasteiger partial charge in [0, 0.05) is 5.56 Å². The quantitative estimate of drug-likeness (QED) is 0.375. The summed E-state index contributed by atoms with van der Waals surface area (Å²) >= 11 is 0. The topological polar surface area (TPSA) is 46.8 Å². The summed E-state index contributed by atoms with van der Waals surface area (Å²) in [5.74, 6) is -1.35. The van der Waals surface area contributed by atoms with Gasteiger partial charge in [-0.05, 0) is 12.1 Å². The van der Waals surface area contributed by atoms with Gasteiger partial charge >= 0.3 is 18.9 Å². The van der Waals surface area contributed by atoms with Crippen LogP contribution in [0.5, 0.6) is 0 Å². The third kappa shape index (κ3) is 3.06. The fourth-order valence-corrected chi connectivity index (χ4v) is 2.41. The molecule has 0 amide bonds. The molecule has 122 valence electrons. The number of carbonyl (C=O) groups excluding carboxylic acids is 2. The van der Waals surface area contributed by atoms with Gasteiger partial charge < -0.3 is 22.4 Å². The number of halogens is 2. The lowest BCUT2D eigenvalue weighted by atomic mass is 9.95. The lowest BCUT2D eigenvalue weighted by Gasteiger charge is -2.23. The average Bonchev–Trinajstić information content (AvgIpc) is 2.61. The second kappa shape index (κ2) is 6.27. The van der Waals surface area contributed by atoms with Crippen LogP contribution in [-0.2, 0) is 14.2 Å². The first-order valence-electron chi connectivity index (χ1n) is 7.20. The lowest BCUT2D eigenvalue weighted by Crippen LogP contribution is -2.35. The minimum absolute atomic E-state index is 0.178. The fraction of sp³-hybridized carbons (Fsp3) is 0.0588. The van der Waals surface area contributed by atoms with Crippen molar-refractivity contribution < 1.29 is 27.2 Å². The summed E-state index contributed by atoms with van der Waals surface area (Å²) in [5, 5.41) is 0. The van der Waals surface area contributed by atoms with Crippen molar-refractivity contribution in [3.05, 3.63) is 77.4 Å². The number of rotatable bonds is 3. The van der Waals surface area contributed by atoms with Crippen molar-refractivity contribution in [2.45, 2.75) is 0 Å². The number of hydrogen-bond donors (Lipinski definition) is 0. The predicted molar refractivity (Wildman–Crippen MR) is 85.2 cm³/mol. The van der Waals surface area contributed by atoms with Gasteiger partial charge in [-0.2, -0.15) is 0 Å². The summed E-state index contributed by atoms with van der Waals surface area (Å²) in [7, 11) is -3.45. The third-order valence-electron chi connectivity index (χ3n) is 3.43. The third-order valence-corrected chi connectivity index (χ3v) is 3.43. The maximum atomic E-state index is 14.0. The van der Waals surface area contributed by atoms with Crippen molar-refractivity contribution in [2.75, 3.05) is 7.11 Å². The van der Waals surface area contributed by atoms with Crippen molar-refractivity contribution >= 4 is 24.6 Å². The Labute approximate surface area is 137 Å². The Balaban J connectivity index is 2.26. The highest BCUT2D eigenvalue weighted by atomic mass is 19.3. The van der Waals surface area contributed by atoms with Crippen LogP contribution in [0.2, 0.25) is 0 Å². The minimum Gasteiger partial charge on any atom is -0.568 e. The highest BCUT2D eigenvalue weighted by Gasteiger charge is 2.56. The molecule has 0 aromatic heterocycles. The van der Waals surface area contributed by atoms with Gasteiger partial charge in [0.1, 0.15) is 5.76 Å². The molecule has 7 heteroatoms. The molecule has 0 bridgehead atoms. The predicted octanol–water partition coefficient (Wildman–Crippen LogP) is 3.39. The van der Waals surface area contributed by atoms with Crippen LogP contribution in [-0.4, -0.2) is 26.0 Å². The van der Waals surface area contributed by atoms with Gasteiger partial charge in [0.2, 0.25) is 0 Å². The molecule has 4 nitrogen and oxygen atoms in total. The maximum absolute atomic E-state index is 14.0. The Morgan fingerprint density at radius 3 is 2.08 bits per heavy atom. The van der Waals surface area contributed by atoms with E-state index in [0.29, 0.717) is 11.1 Å². The van der Waals surface area contributed by atoms with Gasteiger partial charge in [0.25, 0.3) is 0 Å². The molecule has 0 aliphatic carbocycles. The number of esters is 1. The summed E-state index contributed by atoms with van der Waals surface area (Å²) in [4.78, 5) is 12.2. The fourth-order valence-electron chi connectivity index (χ4n) is 2.41. The lowest BCUT2D eigenvalue weighted by molar-refractivity contribution is -0.185. The molecule has 0 atom stereocenters. The van der Waals surface area contributed by atoms with Gasteiger partial charge in [-0.1, -0.05) is 48.5 Å². The number of ketones is 1. The standard InChI is InChI=1S/C17H13BF2O4/c1-22-17(21)14-15(12-8-4-2-5-9-12)23-18(19,20)24-16(14)13-10-6-3-7-11-13/h2-11H,1H3. The molecule has 0 saturated carbocycles. The zero-order valence-corrected chi connectivity index (χ0v) is 12.7. The van der Waals surface area contributed by atoms with Crippen molar-refractivity contribution in [3.63, 3.8) is 0 Å². The van der Waals surface area contributed by atoms with E-state index < -0.39 is 13.1 Å². The number of hydrogen-bond acceptors (Lipinski definition) is 3. The van der Waals surface area contributed by atoms with Crippen molar-refractivity contribution in [1.29, 1.82) is 0 Å². The van der Waals surface area contributed by atoms with Crippen LogP contribution in [0.15, 0.2) is 66.2 Å². The average molecular weight is 330 g/mol. The molecule has 2 aromatic carbocycles. The second-order valence-corrected chi connectivity index (χ2v) is 5.03. The number of benzene rings is 2. The van der Waals surface area contributed by atoms with E-state index in [1.807, 2.05) is 0 Å². The van der Waals surface area contributed by atoms with Gasteiger partial charge in [-0.25, -0.2) is 4.79 Å². The highest BCUT2D eigenvalue weighted by Crippen LogP contribution is 2.33. The van der Waals surface area contributed by atoms with E-state index in [1.54, 1.807) is 60.7 Å². The van der Waals surface area contributed by atoms with Gasteiger partial charge in [-0.15, -0.1) is 0 Å². The first-order valence-corrected chi connectivity index (χ1v) is 7.20. The second-order valence-electron chi connectivity index (χ2n) is 5.03. The molecule has 0 radical (unpaired) electrons. The SMILES string of the molecule is COC(=O)C1=C(c2ccccc2)O[B-](F)(F)[O+]=C1c1ccccc1. The summed E-state index contributed by atoms with van der Waals surface area (Å²) in [5.41, 5.74) is 0.482. The molecular weight excluding hydrogens is 317 g/mol. The van der Waals surface area contributed by atoms with E-state index in [9.17, 15) is 13.4 Å². The Morgan fingerprint density at radius 2 is 1.54 bits per heavy atom. The molecule has 2 aromatic rings. The smallest absolute Gasteiger partial charge is 0.568 e. The van der Waals surface area contributed by atoms with Gasteiger partial charge in [-0.3, -0.25) is 0 Å². The normalized spacial score (nSPS) is 16.2. The van der Waals surface area contributed by atoms with Crippen LogP contribution in [0.25, 0.3) is 5.76 Å². The summed E-state index contributed by atoms with van der Waals surface area (Å²) < 4.78 is 42.2. The number of carbonyl (C=O) groups is 1. The summed E-state index contributed by atoms with van der Waals surface area (Å²) in [6.07, 6.45) is 0. The molecule has 0 unspecified atom stereocenters. The summed E-state index contributed by atoms with van der Waals surface area (Å²) in [6, 6.07) is 16.4. The van der Waals surface area contributed by atoms with Crippen LogP contribution < -0.4 is 0 Å². The zero-order chi connectivity index (χ0) is 17.2. The molecule has 0 fully saturated rings. The Bertz CT molecular complexity index is 817. The van der Waals surface area contributed by atoms with Crippen LogP contribution >= 0.6 is 0 Å². The number of ether oxygens (including phenoxy) is 1. The molecular formula is C17H13BF2O4. The zero-order valence-electron chi connectivity index (χ0n) is 12.7. The molecule has 1 aliphatic heterocycles. The van der Waals surface area contributed by atoms with E-state index in [0.717, 1.165) is 0 Å². The van der Waals surface area contributed by atoms with Gasteiger partial charge in [0.05, 0.1) is 12.7 Å². The van der Waals surface area contributed by atoms with Crippen LogP contribution in [0.4, 0.5) is 8.63 Å². The first-order chi connectivity index (χ1) is 11.5. The van der Waals surface area contributed by atoms with E-state index >= 15 is 0 Å². The Kier molecular flexibility index (Phi) is 4.16. The molecule has 1 heterocycles. The minimum atomic E-state index is -4.62. The molecule has 1 aliphatic rings. The monoisotopic (exact) mass is 330 g/mol. The largest absolute Gasteiger partial charge is 0.995 e. The molecule has 0 spiro atoms. The molecule has 0 saturated heterocycles. The van der Waals surface area contributed by atoms with Crippen molar-refractivity contribution in [1.82, 2.24) is 0 Å². The maximum Gasteiger partial charge on any atom is 0.995 e. The number of methoxy groups -OCH3 is 1. The van der Waals surface area contributed by atoms with Gasteiger partial charge in [0.15, 0.2) is 5.57 Å². The van der Waals surface area contributed by atoms with E-state index in [4.69, 9.17) is 13.7 Å². The molecule has 0 N–H and O–H groups in total. The van der Waals surface area contributed by atoms with Crippen molar-refractivity contribution in [3.8, 4) is 0 Å². The molecule has 3 rings (SSSR count). The first kappa shape index (κ1) is 15.9. The highest BCUT2D eigenvalue weighted by molar-refractivity contribution is 6.54. The summed E-state index contributed by atoms with van der Waals surface area (Å²) in [6.45, 7) is 0. The van der Waals surface area contributed by atoms with Crippen LogP contribution in [0.1, 0.15) is 15.5 Å². The Hall–Kier alpha value is -2.96. The van der Waals surface area contributed by atoms with E-state index in [-0.39, 0.29) is 17.1 Å². The Morgan fingerprint density at radius 1 is 1.00 bits per heavy atom. The van der Waals surface area contributed by atoms with Crippen molar-refractivity contribution in [2.24, 2.45) is 0 Å². The van der Waals surface area contributed by atoms with Crippen LogP contribution in [0, 0.1) is 0 Å². The van der Waals surface area contributed by atoms with E-state index in [2.05, 4.69) is 0 Å². The molecule has 24 heavy (non-hydrogen) atoms. The van der Waals surface area contributed by atoms with E-state index in [1.165, 1.54) is 7.11 Å². The van der Waals surface area contributed by atoms with Crippen LogP contribution in [0.3, 0.4) is 0 Å².